The van der Waals surface area contributed by atoms with E-state index in [1.807, 2.05) is 30.3 Å². The van der Waals surface area contributed by atoms with Gasteiger partial charge in [0.15, 0.2) is 0 Å². The molecule has 0 bridgehead atoms. The molecule has 0 aromatic heterocycles. The van der Waals surface area contributed by atoms with Crippen molar-refractivity contribution in [3.8, 4) is 6.07 Å². The zero-order valence-electron chi connectivity index (χ0n) is 11.7. The van der Waals surface area contributed by atoms with Crippen LogP contribution in [0.25, 0.3) is 0 Å². The van der Waals surface area contributed by atoms with Crippen molar-refractivity contribution in [3.05, 3.63) is 35.9 Å². The molecule has 1 aromatic rings. The van der Waals surface area contributed by atoms with Crippen LogP contribution in [0, 0.1) is 11.3 Å². The number of nitrogens with two attached hydrogens (primary N) is 1. The summed E-state index contributed by atoms with van der Waals surface area (Å²) >= 11 is 0. The van der Waals surface area contributed by atoms with Crippen LogP contribution in [0.2, 0.25) is 0 Å². The molecule has 0 radical (unpaired) electrons. The quantitative estimate of drug-likeness (QED) is 0.905. The Balaban J connectivity index is 2.16. The highest BCUT2D eigenvalue weighted by molar-refractivity contribution is 5.31. The van der Waals surface area contributed by atoms with Crippen LogP contribution in [-0.4, -0.2) is 24.0 Å². The van der Waals surface area contributed by atoms with Gasteiger partial charge >= 0.3 is 0 Å². The summed E-state index contributed by atoms with van der Waals surface area (Å²) in [6.07, 6.45) is 4.99. The van der Waals surface area contributed by atoms with Gasteiger partial charge in [0.2, 0.25) is 0 Å². The molecule has 1 aliphatic heterocycles. The highest BCUT2D eigenvalue weighted by atomic mass is 15.2. The van der Waals surface area contributed by atoms with Gasteiger partial charge in [-0.1, -0.05) is 43.2 Å². The third-order valence-corrected chi connectivity index (χ3v) is 4.13. The Labute approximate surface area is 116 Å². The molecule has 1 fully saturated rings. The van der Waals surface area contributed by atoms with Crippen molar-refractivity contribution in [1.82, 2.24) is 4.90 Å². The van der Waals surface area contributed by atoms with Crippen LogP contribution in [0.15, 0.2) is 30.3 Å². The van der Waals surface area contributed by atoms with Gasteiger partial charge < -0.3 is 5.73 Å². The first-order valence-corrected chi connectivity index (χ1v) is 7.15. The molecule has 3 nitrogen and oxygen atoms in total. The van der Waals surface area contributed by atoms with E-state index in [2.05, 4.69) is 17.9 Å². The molecule has 1 heterocycles. The Morgan fingerprint density at radius 1 is 1.32 bits per heavy atom. The van der Waals surface area contributed by atoms with Crippen LogP contribution >= 0.6 is 0 Å². The van der Waals surface area contributed by atoms with E-state index >= 15 is 0 Å². The molecule has 2 unspecified atom stereocenters. The second-order valence-electron chi connectivity index (χ2n) is 5.62. The van der Waals surface area contributed by atoms with Crippen LogP contribution in [0.4, 0.5) is 0 Å². The zero-order chi connectivity index (χ0) is 13.7. The van der Waals surface area contributed by atoms with Gasteiger partial charge in [0.25, 0.3) is 0 Å². The molecule has 1 aromatic carbocycles. The minimum Gasteiger partial charge on any atom is -0.309 e. The number of nitriles is 1. The van der Waals surface area contributed by atoms with Gasteiger partial charge in [0.1, 0.15) is 5.54 Å². The van der Waals surface area contributed by atoms with Gasteiger partial charge in [-0.05, 0) is 31.9 Å². The number of benzene rings is 1. The Hall–Kier alpha value is -1.37. The summed E-state index contributed by atoms with van der Waals surface area (Å²) in [5.74, 6) is 0. The van der Waals surface area contributed by atoms with Crippen molar-refractivity contribution in [1.29, 1.82) is 5.26 Å². The molecule has 1 saturated heterocycles. The molecular formula is C16H23N3. The molecule has 2 N–H and O–H groups in total. The van der Waals surface area contributed by atoms with E-state index in [9.17, 15) is 5.26 Å². The molecule has 0 aliphatic carbocycles. The second-order valence-corrected chi connectivity index (χ2v) is 5.62. The lowest BCUT2D eigenvalue weighted by molar-refractivity contribution is 0.183. The number of rotatable bonds is 3. The fourth-order valence-electron chi connectivity index (χ4n) is 2.82. The summed E-state index contributed by atoms with van der Waals surface area (Å²) in [6, 6.07) is 12.6. The minimum absolute atomic E-state index is 0.516. The maximum Gasteiger partial charge on any atom is 0.142 e. The lowest BCUT2D eigenvalue weighted by Crippen LogP contribution is -2.49. The average Bonchev–Trinajstić information content (AvgIpc) is 2.65. The monoisotopic (exact) mass is 257 g/mol. The summed E-state index contributed by atoms with van der Waals surface area (Å²) in [5, 5.41) is 9.52. The highest BCUT2D eigenvalue weighted by Gasteiger charge is 2.31. The SMILES string of the molecule is CC1CCCCCN1CC(N)(C#N)c1ccccc1. The van der Waals surface area contributed by atoms with Crippen molar-refractivity contribution in [2.75, 3.05) is 13.1 Å². The maximum absolute atomic E-state index is 9.52. The fourth-order valence-corrected chi connectivity index (χ4v) is 2.82. The van der Waals surface area contributed by atoms with E-state index in [1.165, 1.54) is 25.7 Å². The maximum atomic E-state index is 9.52. The molecule has 19 heavy (non-hydrogen) atoms. The molecule has 3 heteroatoms. The highest BCUT2D eigenvalue weighted by Crippen LogP contribution is 2.23. The molecule has 0 amide bonds. The van der Waals surface area contributed by atoms with Gasteiger partial charge in [-0.3, -0.25) is 4.90 Å². The predicted octanol–water partition coefficient (Wildman–Crippen LogP) is 2.63. The first-order valence-electron chi connectivity index (χ1n) is 7.15. The van der Waals surface area contributed by atoms with E-state index in [0.29, 0.717) is 12.6 Å². The molecule has 1 aliphatic rings. The largest absolute Gasteiger partial charge is 0.309 e. The lowest BCUT2D eigenvalue weighted by Gasteiger charge is -2.33. The number of hydrogen-bond donors (Lipinski definition) is 1. The Kier molecular flexibility index (Phi) is 4.57. The molecule has 0 spiro atoms. The van der Waals surface area contributed by atoms with Gasteiger partial charge in [-0.15, -0.1) is 0 Å². The summed E-state index contributed by atoms with van der Waals surface area (Å²) in [4.78, 5) is 2.38. The Morgan fingerprint density at radius 3 is 2.74 bits per heavy atom. The van der Waals surface area contributed by atoms with Crippen molar-refractivity contribution >= 4 is 0 Å². The molecule has 2 rings (SSSR count). The predicted molar refractivity (Wildman–Crippen MR) is 77.4 cm³/mol. The average molecular weight is 257 g/mol. The molecule has 2 atom stereocenters. The van der Waals surface area contributed by atoms with Crippen LogP contribution in [0.5, 0.6) is 0 Å². The van der Waals surface area contributed by atoms with Crippen molar-refractivity contribution < 1.29 is 0 Å². The molecular weight excluding hydrogens is 234 g/mol. The summed E-state index contributed by atoms with van der Waals surface area (Å²) in [6.45, 7) is 3.91. The number of likely N-dealkylation sites (tertiary alicyclic amines) is 1. The van der Waals surface area contributed by atoms with Gasteiger partial charge in [-0.25, -0.2) is 0 Å². The fraction of sp³-hybridized carbons (Fsp3) is 0.562. The van der Waals surface area contributed by atoms with E-state index in [-0.39, 0.29) is 0 Å². The Bertz CT molecular complexity index is 437. The smallest absolute Gasteiger partial charge is 0.142 e. The zero-order valence-corrected chi connectivity index (χ0v) is 11.7. The Morgan fingerprint density at radius 2 is 2.05 bits per heavy atom. The summed E-state index contributed by atoms with van der Waals surface area (Å²) in [5.41, 5.74) is 6.37. The van der Waals surface area contributed by atoms with Crippen molar-refractivity contribution in [3.63, 3.8) is 0 Å². The van der Waals surface area contributed by atoms with Crippen molar-refractivity contribution in [2.24, 2.45) is 5.73 Å². The van der Waals surface area contributed by atoms with E-state index in [1.54, 1.807) is 0 Å². The molecule has 102 valence electrons. The topological polar surface area (TPSA) is 53.0 Å². The minimum atomic E-state index is -0.903. The first kappa shape index (κ1) is 14.0. The van der Waals surface area contributed by atoms with Crippen LogP contribution in [0.1, 0.15) is 38.2 Å². The third-order valence-electron chi connectivity index (χ3n) is 4.13. The molecule has 0 saturated carbocycles. The van der Waals surface area contributed by atoms with Crippen LogP contribution in [-0.2, 0) is 5.54 Å². The van der Waals surface area contributed by atoms with Crippen LogP contribution < -0.4 is 5.73 Å². The van der Waals surface area contributed by atoms with Crippen molar-refractivity contribution in [2.45, 2.75) is 44.2 Å². The second kappa shape index (κ2) is 6.18. The van der Waals surface area contributed by atoms with Crippen LogP contribution in [0.3, 0.4) is 0 Å². The summed E-state index contributed by atoms with van der Waals surface area (Å²) < 4.78 is 0. The lowest BCUT2D eigenvalue weighted by atomic mass is 9.91. The van der Waals surface area contributed by atoms with E-state index in [0.717, 1.165) is 12.1 Å². The van der Waals surface area contributed by atoms with E-state index < -0.39 is 5.54 Å². The van der Waals surface area contributed by atoms with Gasteiger partial charge in [0.05, 0.1) is 6.07 Å². The first-order chi connectivity index (χ1) is 9.15. The number of hydrogen-bond acceptors (Lipinski definition) is 3. The van der Waals surface area contributed by atoms with Gasteiger partial charge in [0, 0.05) is 12.6 Å². The summed E-state index contributed by atoms with van der Waals surface area (Å²) in [7, 11) is 0. The van der Waals surface area contributed by atoms with E-state index in [4.69, 9.17) is 5.73 Å². The van der Waals surface area contributed by atoms with Gasteiger partial charge in [-0.2, -0.15) is 5.26 Å². The third kappa shape index (κ3) is 3.34. The normalized spacial score (nSPS) is 24.2. The number of nitrogens with zero attached hydrogens (tertiary/aromatic N) is 2. The standard InChI is InChI=1S/C16H23N3/c1-14-8-4-3-7-11-19(14)13-16(18,12-17)15-9-5-2-6-10-15/h2,5-6,9-10,14H,3-4,7-8,11,13,18H2,1H3.